The van der Waals surface area contributed by atoms with Crippen LogP contribution in [0, 0.1) is 5.41 Å². The van der Waals surface area contributed by atoms with Gasteiger partial charge < -0.3 is 11.5 Å². The van der Waals surface area contributed by atoms with Crippen LogP contribution >= 0.6 is 0 Å². The maximum absolute atomic E-state index is 11.5. The predicted molar refractivity (Wildman–Crippen MR) is 87.5 cm³/mol. The molecule has 2 rings (SSSR count). The summed E-state index contributed by atoms with van der Waals surface area (Å²) in [4.78, 5) is 0. The van der Waals surface area contributed by atoms with Gasteiger partial charge in [-0.1, -0.05) is 60.7 Å². The zero-order valence-electron chi connectivity index (χ0n) is 12.4. The molecule has 2 aromatic rings. The molecular formula is C15H19N3O4S. The van der Waals surface area contributed by atoms with Crippen LogP contribution in [-0.4, -0.2) is 14.4 Å². The van der Waals surface area contributed by atoms with E-state index in [-0.39, 0.29) is 19.2 Å². The first-order valence-corrected chi connectivity index (χ1v) is 7.93. The van der Waals surface area contributed by atoms with Gasteiger partial charge in [0.15, 0.2) is 5.96 Å². The van der Waals surface area contributed by atoms with E-state index in [1.54, 1.807) is 24.3 Å². The van der Waals surface area contributed by atoms with E-state index >= 15 is 0 Å². The predicted octanol–water partition coefficient (Wildman–Crippen LogP) is 1.50. The standard InChI is InChI=1S/C14H14O4S.CH5N3/c15-19(16,17-11-13-7-3-1-4-8-13)18-12-14-9-5-2-6-10-14;2-1(3)4/h1-10H,11-12H2;(H5,2,3,4). The van der Waals surface area contributed by atoms with Crippen molar-refractivity contribution in [1.29, 1.82) is 5.41 Å². The molecule has 0 heterocycles. The summed E-state index contributed by atoms with van der Waals surface area (Å²) in [5.74, 6) is -0.333. The zero-order chi connectivity index (χ0) is 17.1. The van der Waals surface area contributed by atoms with Crippen molar-refractivity contribution in [2.24, 2.45) is 11.5 Å². The lowest BCUT2D eigenvalue weighted by atomic mass is 10.2. The van der Waals surface area contributed by atoms with E-state index in [0.717, 1.165) is 11.1 Å². The van der Waals surface area contributed by atoms with E-state index in [1.165, 1.54) is 0 Å². The highest BCUT2D eigenvalue weighted by atomic mass is 32.3. The second-order valence-electron chi connectivity index (χ2n) is 4.36. The first-order chi connectivity index (χ1) is 10.9. The lowest BCUT2D eigenvalue weighted by Crippen LogP contribution is -2.20. The molecule has 0 saturated carbocycles. The molecule has 5 N–H and O–H groups in total. The van der Waals surface area contributed by atoms with Crippen LogP contribution in [0.5, 0.6) is 0 Å². The molecule has 0 unspecified atom stereocenters. The van der Waals surface area contributed by atoms with Crippen molar-refractivity contribution in [2.45, 2.75) is 13.2 Å². The molecule has 0 amide bonds. The maximum Gasteiger partial charge on any atom is 0.400 e. The monoisotopic (exact) mass is 337 g/mol. The molecule has 0 spiro atoms. The van der Waals surface area contributed by atoms with Gasteiger partial charge in [0.05, 0.1) is 13.2 Å². The van der Waals surface area contributed by atoms with Gasteiger partial charge in [-0.3, -0.25) is 5.41 Å². The Morgan fingerprint density at radius 3 is 1.43 bits per heavy atom. The highest BCUT2D eigenvalue weighted by Crippen LogP contribution is 2.08. The number of nitrogens with one attached hydrogen (secondary N) is 1. The Morgan fingerprint density at radius 1 is 0.826 bits per heavy atom. The minimum absolute atomic E-state index is 0.0298. The van der Waals surface area contributed by atoms with Crippen LogP contribution in [0.15, 0.2) is 60.7 Å². The second kappa shape index (κ2) is 9.57. The normalized spacial score (nSPS) is 10.4. The Morgan fingerprint density at radius 2 is 1.13 bits per heavy atom. The number of hydrogen-bond acceptors (Lipinski definition) is 5. The average Bonchev–Trinajstić information content (AvgIpc) is 2.53. The molecule has 0 saturated heterocycles. The van der Waals surface area contributed by atoms with Gasteiger partial charge in [0.2, 0.25) is 0 Å². The molecule has 0 aliphatic rings. The van der Waals surface area contributed by atoms with Crippen molar-refractivity contribution in [2.75, 3.05) is 0 Å². The van der Waals surface area contributed by atoms with Crippen molar-refractivity contribution >= 4 is 16.4 Å². The number of guanidine groups is 1. The third kappa shape index (κ3) is 9.25. The molecule has 0 aliphatic carbocycles. The van der Waals surface area contributed by atoms with Crippen molar-refractivity contribution < 1.29 is 16.8 Å². The van der Waals surface area contributed by atoms with Gasteiger partial charge in [-0.25, -0.2) is 8.37 Å². The largest absolute Gasteiger partial charge is 0.400 e. The van der Waals surface area contributed by atoms with Crippen LogP contribution in [0.25, 0.3) is 0 Å². The Kier molecular flexibility index (Phi) is 7.75. The zero-order valence-corrected chi connectivity index (χ0v) is 13.2. The molecule has 0 aromatic heterocycles. The lowest BCUT2D eigenvalue weighted by Gasteiger charge is -2.06. The first-order valence-electron chi connectivity index (χ1n) is 6.60. The second-order valence-corrected chi connectivity index (χ2v) is 5.65. The Hall–Kier alpha value is -2.42. The Bertz CT molecular complexity index is 638. The van der Waals surface area contributed by atoms with Crippen molar-refractivity contribution in [3.63, 3.8) is 0 Å². The summed E-state index contributed by atoms with van der Waals surface area (Å²) in [5.41, 5.74) is 10.5. The third-order valence-corrected chi connectivity index (χ3v) is 3.24. The molecule has 0 bridgehead atoms. The molecule has 23 heavy (non-hydrogen) atoms. The quantitative estimate of drug-likeness (QED) is 0.541. The smallest absolute Gasteiger partial charge is 0.370 e. The maximum atomic E-state index is 11.5. The van der Waals surface area contributed by atoms with E-state index in [2.05, 4.69) is 11.5 Å². The fourth-order valence-corrected chi connectivity index (χ4v) is 2.09. The van der Waals surface area contributed by atoms with Crippen LogP contribution in [0.4, 0.5) is 0 Å². The highest BCUT2D eigenvalue weighted by molar-refractivity contribution is 7.81. The van der Waals surface area contributed by atoms with E-state index in [0.29, 0.717) is 0 Å². The van der Waals surface area contributed by atoms with Crippen LogP contribution < -0.4 is 11.5 Å². The topological polar surface area (TPSA) is 128 Å². The molecule has 2 aromatic carbocycles. The van der Waals surface area contributed by atoms with Gasteiger partial charge in [-0.05, 0) is 11.1 Å². The van der Waals surface area contributed by atoms with E-state index in [9.17, 15) is 8.42 Å². The van der Waals surface area contributed by atoms with E-state index in [4.69, 9.17) is 13.8 Å². The van der Waals surface area contributed by atoms with E-state index in [1.807, 2.05) is 36.4 Å². The summed E-state index contributed by atoms with van der Waals surface area (Å²) in [6, 6.07) is 18.1. The molecule has 8 heteroatoms. The summed E-state index contributed by atoms with van der Waals surface area (Å²) >= 11 is 0. The third-order valence-electron chi connectivity index (χ3n) is 2.43. The average molecular weight is 337 g/mol. The SMILES string of the molecule is N=C(N)N.O=S(=O)(OCc1ccccc1)OCc1ccccc1. The number of rotatable bonds is 6. The lowest BCUT2D eigenvalue weighted by molar-refractivity contribution is 0.202. The van der Waals surface area contributed by atoms with Gasteiger partial charge in [-0.2, -0.15) is 8.42 Å². The van der Waals surface area contributed by atoms with Crippen molar-refractivity contribution in [3.8, 4) is 0 Å². The van der Waals surface area contributed by atoms with Crippen LogP contribution in [0.2, 0.25) is 0 Å². The summed E-state index contributed by atoms with van der Waals surface area (Å²) in [7, 11) is -3.98. The van der Waals surface area contributed by atoms with Crippen LogP contribution in [0.1, 0.15) is 11.1 Å². The molecule has 0 aliphatic heterocycles. The minimum atomic E-state index is -3.98. The van der Waals surface area contributed by atoms with Gasteiger partial charge in [0, 0.05) is 0 Å². The molecular weight excluding hydrogens is 318 g/mol. The van der Waals surface area contributed by atoms with Crippen LogP contribution in [0.3, 0.4) is 0 Å². The summed E-state index contributed by atoms with van der Waals surface area (Å²) in [5, 5.41) is 6.06. The number of nitrogens with two attached hydrogens (primary N) is 2. The number of benzene rings is 2. The Balaban J connectivity index is 0.000000593. The first kappa shape index (κ1) is 18.6. The van der Waals surface area contributed by atoms with Gasteiger partial charge in [0.1, 0.15) is 0 Å². The van der Waals surface area contributed by atoms with Crippen molar-refractivity contribution in [1.82, 2.24) is 0 Å². The van der Waals surface area contributed by atoms with Crippen LogP contribution in [-0.2, 0) is 32.0 Å². The fraction of sp³-hybridized carbons (Fsp3) is 0.133. The number of hydrogen-bond donors (Lipinski definition) is 3. The van der Waals surface area contributed by atoms with Crippen molar-refractivity contribution in [3.05, 3.63) is 71.8 Å². The van der Waals surface area contributed by atoms with E-state index < -0.39 is 10.4 Å². The highest BCUT2D eigenvalue weighted by Gasteiger charge is 2.12. The molecule has 124 valence electrons. The summed E-state index contributed by atoms with van der Waals surface area (Å²) in [6.45, 7) is -0.0596. The summed E-state index contributed by atoms with van der Waals surface area (Å²) in [6.07, 6.45) is 0. The molecule has 0 fully saturated rings. The molecule has 7 nitrogen and oxygen atoms in total. The molecule has 0 radical (unpaired) electrons. The fourth-order valence-electron chi connectivity index (χ4n) is 1.46. The van der Waals surface area contributed by atoms with Gasteiger partial charge in [-0.15, -0.1) is 0 Å². The van der Waals surface area contributed by atoms with Gasteiger partial charge >= 0.3 is 10.4 Å². The van der Waals surface area contributed by atoms with Gasteiger partial charge in [0.25, 0.3) is 0 Å². The molecule has 0 atom stereocenters. The Labute approximate surface area is 135 Å². The minimum Gasteiger partial charge on any atom is -0.370 e. The summed E-state index contributed by atoms with van der Waals surface area (Å²) < 4.78 is 32.6.